The minimum atomic E-state index is 0. The predicted molar refractivity (Wildman–Crippen MR) is 90.1 cm³/mol. The number of aromatic hydroxyl groups is 1. The Balaban J connectivity index is 0.00000144. The van der Waals surface area contributed by atoms with Crippen molar-refractivity contribution in [2.24, 2.45) is 5.92 Å². The number of piperidine rings is 1. The molecule has 3 nitrogen and oxygen atoms in total. The second-order valence-corrected chi connectivity index (χ2v) is 7.10. The van der Waals surface area contributed by atoms with E-state index in [0.717, 1.165) is 31.1 Å². The molecule has 2 fully saturated rings. The number of hydrogen-bond donors (Lipinski definition) is 1. The van der Waals surface area contributed by atoms with E-state index in [9.17, 15) is 5.11 Å². The SMILES string of the molecule is CC[C@@]12CCN(CC3CCC3)C[C@@H]1Oc1ccc(O)cc12.Cl. The van der Waals surface area contributed by atoms with Gasteiger partial charge in [-0.2, -0.15) is 0 Å². The lowest BCUT2D eigenvalue weighted by atomic mass is 9.70. The Kier molecular flexibility index (Phi) is 4.30. The standard InChI is InChI=1S/C18H25NO2.ClH/c1-2-18-8-9-19(11-13-4-3-5-13)12-17(18)21-16-7-6-14(20)10-15(16)18;/h6-7,10,13,17,20H,2-5,8-9,11-12H2,1H3;1H/t17-,18-;/m0./s1. The van der Waals surface area contributed by atoms with Crippen molar-refractivity contribution in [3.63, 3.8) is 0 Å². The number of phenolic OH excluding ortho intramolecular Hbond substituents is 1. The molecule has 0 radical (unpaired) electrons. The molecule has 1 aromatic carbocycles. The number of ether oxygens (including phenoxy) is 1. The van der Waals surface area contributed by atoms with Crippen LogP contribution >= 0.6 is 12.4 Å². The molecule has 0 spiro atoms. The summed E-state index contributed by atoms with van der Waals surface area (Å²) in [7, 11) is 0. The summed E-state index contributed by atoms with van der Waals surface area (Å²) in [6.07, 6.45) is 6.74. The lowest BCUT2D eigenvalue weighted by molar-refractivity contribution is 0.0266. The highest BCUT2D eigenvalue weighted by atomic mass is 35.5. The summed E-state index contributed by atoms with van der Waals surface area (Å²) in [6, 6.07) is 5.61. The molecular formula is C18H26ClNO2. The van der Waals surface area contributed by atoms with Gasteiger partial charge in [-0.1, -0.05) is 13.3 Å². The molecule has 0 aromatic heterocycles. The molecule has 22 heavy (non-hydrogen) atoms. The first-order chi connectivity index (χ1) is 10.2. The zero-order chi connectivity index (χ0) is 14.4. The third-order valence-electron chi connectivity index (χ3n) is 6.06. The van der Waals surface area contributed by atoms with Gasteiger partial charge in [0.05, 0.1) is 0 Å². The van der Waals surface area contributed by atoms with Gasteiger partial charge < -0.3 is 9.84 Å². The second kappa shape index (κ2) is 5.93. The smallest absolute Gasteiger partial charge is 0.124 e. The van der Waals surface area contributed by atoms with Gasteiger partial charge in [-0.3, -0.25) is 4.90 Å². The zero-order valence-electron chi connectivity index (χ0n) is 13.3. The normalized spacial score (nSPS) is 30.7. The highest BCUT2D eigenvalue weighted by molar-refractivity contribution is 5.85. The van der Waals surface area contributed by atoms with Crippen molar-refractivity contribution in [2.75, 3.05) is 19.6 Å². The summed E-state index contributed by atoms with van der Waals surface area (Å²) in [5.41, 5.74) is 1.35. The van der Waals surface area contributed by atoms with Gasteiger partial charge in [0.25, 0.3) is 0 Å². The Hall–Kier alpha value is -0.930. The van der Waals surface area contributed by atoms with Crippen LogP contribution in [0.5, 0.6) is 11.5 Å². The fourth-order valence-electron chi connectivity index (χ4n) is 4.44. The summed E-state index contributed by atoms with van der Waals surface area (Å²) in [5, 5.41) is 9.84. The molecule has 1 N–H and O–H groups in total. The maximum Gasteiger partial charge on any atom is 0.124 e. The second-order valence-electron chi connectivity index (χ2n) is 7.10. The van der Waals surface area contributed by atoms with Crippen molar-refractivity contribution >= 4 is 12.4 Å². The van der Waals surface area contributed by atoms with Crippen LogP contribution in [0.1, 0.15) is 44.6 Å². The van der Waals surface area contributed by atoms with E-state index in [2.05, 4.69) is 11.8 Å². The zero-order valence-corrected chi connectivity index (χ0v) is 14.1. The topological polar surface area (TPSA) is 32.7 Å². The Morgan fingerprint density at radius 2 is 2.18 bits per heavy atom. The number of benzene rings is 1. The lowest BCUT2D eigenvalue weighted by Crippen LogP contribution is -2.53. The number of phenols is 1. The predicted octanol–water partition coefficient (Wildman–Crippen LogP) is 3.73. The molecule has 122 valence electrons. The van der Waals surface area contributed by atoms with E-state index >= 15 is 0 Å². The molecule has 1 saturated carbocycles. The molecule has 4 rings (SSSR count). The molecule has 0 unspecified atom stereocenters. The quantitative estimate of drug-likeness (QED) is 0.920. The Bertz CT molecular complexity index is 546. The highest BCUT2D eigenvalue weighted by Crippen LogP contribution is 2.50. The largest absolute Gasteiger partial charge is 0.508 e. The number of rotatable bonds is 3. The van der Waals surface area contributed by atoms with Crippen molar-refractivity contribution in [2.45, 2.75) is 50.5 Å². The van der Waals surface area contributed by atoms with Crippen LogP contribution in [0.25, 0.3) is 0 Å². The average molecular weight is 324 g/mol. The number of fused-ring (bicyclic) bond motifs is 3. The Morgan fingerprint density at radius 1 is 1.36 bits per heavy atom. The van der Waals surface area contributed by atoms with Crippen LogP contribution in [0, 0.1) is 5.92 Å². The van der Waals surface area contributed by atoms with E-state index in [4.69, 9.17) is 4.74 Å². The number of hydrogen-bond acceptors (Lipinski definition) is 3. The van der Waals surface area contributed by atoms with E-state index in [0.29, 0.717) is 5.75 Å². The van der Waals surface area contributed by atoms with E-state index in [-0.39, 0.29) is 23.9 Å². The molecule has 1 saturated heterocycles. The van der Waals surface area contributed by atoms with Gasteiger partial charge in [-0.05, 0) is 56.3 Å². The molecule has 1 aromatic rings. The monoisotopic (exact) mass is 323 g/mol. The number of likely N-dealkylation sites (tertiary alicyclic amines) is 1. The van der Waals surface area contributed by atoms with Crippen molar-refractivity contribution in [3.8, 4) is 11.5 Å². The van der Waals surface area contributed by atoms with Crippen LogP contribution in [0.15, 0.2) is 18.2 Å². The van der Waals surface area contributed by atoms with E-state index in [1.807, 2.05) is 12.1 Å². The summed E-state index contributed by atoms with van der Waals surface area (Å²) >= 11 is 0. The summed E-state index contributed by atoms with van der Waals surface area (Å²) in [6.45, 7) is 5.72. The summed E-state index contributed by atoms with van der Waals surface area (Å²) in [4.78, 5) is 2.61. The number of nitrogens with zero attached hydrogens (tertiary/aromatic N) is 1. The fraction of sp³-hybridized carbons (Fsp3) is 0.667. The van der Waals surface area contributed by atoms with Crippen LogP contribution in [-0.2, 0) is 5.41 Å². The first-order valence-electron chi connectivity index (χ1n) is 8.44. The van der Waals surface area contributed by atoms with E-state index < -0.39 is 0 Å². The van der Waals surface area contributed by atoms with Gasteiger partial charge in [0.1, 0.15) is 17.6 Å². The van der Waals surface area contributed by atoms with Crippen LogP contribution in [0.2, 0.25) is 0 Å². The highest BCUT2D eigenvalue weighted by Gasteiger charge is 2.50. The Morgan fingerprint density at radius 3 is 2.86 bits per heavy atom. The number of halogens is 1. The van der Waals surface area contributed by atoms with Crippen LogP contribution in [0.4, 0.5) is 0 Å². The Labute approximate surface area is 139 Å². The van der Waals surface area contributed by atoms with Gasteiger partial charge in [0.15, 0.2) is 0 Å². The molecule has 1 aliphatic carbocycles. The molecule has 3 aliphatic rings. The van der Waals surface area contributed by atoms with Crippen molar-refractivity contribution < 1.29 is 9.84 Å². The minimum absolute atomic E-state index is 0. The molecule has 4 heteroatoms. The summed E-state index contributed by atoms with van der Waals surface area (Å²) in [5.74, 6) is 2.28. The first kappa shape index (κ1) is 15.9. The van der Waals surface area contributed by atoms with Crippen LogP contribution in [-0.4, -0.2) is 35.7 Å². The first-order valence-corrected chi connectivity index (χ1v) is 8.44. The van der Waals surface area contributed by atoms with E-state index in [1.54, 1.807) is 6.07 Å². The van der Waals surface area contributed by atoms with Crippen LogP contribution in [0.3, 0.4) is 0 Å². The summed E-state index contributed by atoms with van der Waals surface area (Å²) < 4.78 is 6.27. The van der Waals surface area contributed by atoms with Gasteiger partial charge in [-0.25, -0.2) is 0 Å². The maximum atomic E-state index is 9.84. The van der Waals surface area contributed by atoms with E-state index in [1.165, 1.54) is 37.9 Å². The van der Waals surface area contributed by atoms with Gasteiger partial charge >= 0.3 is 0 Å². The van der Waals surface area contributed by atoms with Crippen LogP contribution < -0.4 is 4.74 Å². The maximum absolute atomic E-state index is 9.84. The molecule has 2 aliphatic heterocycles. The molecule has 2 atom stereocenters. The van der Waals surface area contributed by atoms with Crippen molar-refractivity contribution in [1.29, 1.82) is 0 Å². The third kappa shape index (κ3) is 2.39. The average Bonchev–Trinajstić information content (AvgIpc) is 2.76. The molecular weight excluding hydrogens is 298 g/mol. The van der Waals surface area contributed by atoms with Gasteiger partial charge in [0, 0.05) is 24.1 Å². The third-order valence-corrected chi connectivity index (χ3v) is 6.06. The minimum Gasteiger partial charge on any atom is -0.508 e. The molecule has 2 heterocycles. The van der Waals surface area contributed by atoms with Crippen molar-refractivity contribution in [1.82, 2.24) is 4.90 Å². The fourth-order valence-corrected chi connectivity index (χ4v) is 4.44. The lowest BCUT2D eigenvalue weighted by Gasteiger charge is -2.44. The van der Waals surface area contributed by atoms with Gasteiger partial charge in [-0.15, -0.1) is 12.4 Å². The molecule has 0 bridgehead atoms. The van der Waals surface area contributed by atoms with Crippen molar-refractivity contribution in [3.05, 3.63) is 23.8 Å². The molecule has 0 amide bonds. The van der Waals surface area contributed by atoms with Gasteiger partial charge in [0.2, 0.25) is 0 Å².